The van der Waals surface area contributed by atoms with Crippen LogP contribution < -0.4 is 0 Å². The topological polar surface area (TPSA) is 91.8 Å². The molecule has 1 saturated heterocycles. The first kappa shape index (κ1) is 14.0. The van der Waals surface area contributed by atoms with Crippen LogP contribution in [0.25, 0.3) is 0 Å². The van der Waals surface area contributed by atoms with Gasteiger partial charge in [-0.1, -0.05) is 6.92 Å². The van der Waals surface area contributed by atoms with E-state index in [0.717, 1.165) is 4.31 Å². The molecule has 0 aromatic rings. The second-order valence-corrected chi connectivity index (χ2v) is 7.30. The molecule has 1 fully saturated rings. The fraction of sp³-hybridized carbons (Fsp3) is 0.800. The summed E-state index contributed by atoms with van der Waals surface area (Å²) in [4.78, 5) is 22.0. The van der Waals surface area contributed by atoms with Crippen molar-refractivity contribution in [1.29, 1.82) is 0 Å². The second kappa shape index (κ2) is 4.29. The van der Waals surface area contributed by atoms with Crippen LogP contribution in [-0.4, -0.2) is 41.0 Å². The van der Waals surface area contributed by atoms with E-state index in [1.165, 1.54) is 13.8 Å². The molecule has 1 aliphatic heterocycles. The number of hydrogen-bond donors (Lipinski definition) is 1. The summed E-state index contributed by atoms with van der Waals surface area (Å²) >= 11 is 0. The number of carbonyl (C=O) groups excluding carboxylic acids is 1. The van der Waals surface area contributed by atoms with Crippen molar-refractivity contribution in [3.63, 3.8) is 0 Å². The molecule has 7 heteroatoms. The van der Waals surface area contributed by atoms with Crippen molar-refractivity contribution in [1.82, 2.24) is 4.31 Å². The normalized spacial score (nSPS) is 23.0. The number of rotatable bonds is 5. The second-order valence-electron chi connectivity index (χ2n) is 4.89. The third-order valence-electron chi connectivity index (χ3n) is 3.01. The number of sulfonamides is 1. The lowest BCUT2D eigenvalue weighted by atomic mass is 10.1. The third kappa shape index (κ3) is 2.29. The van der Waals surface area contributed by atoms with Gasteiger partial charge >= 0.3 is 5.97 Å². The van der Waals surface area contributed by atoms with Crippen molar-refractivity contribution in [3.8, 4) is 0 Å². The Morgan fingerprint density at radius 1 is 1.47 bits per heavy atom. The molecule has 0 aliphatic carbocycles. The Bertz CT molecular complexity index is 440. The number of aliphatic carboxylic acids is 1. The Morgan fingerprint density at radius 2 is 2.00 bits per heavy atom. The lowest BCUT2D eigenvalue weighted by Gasteiger charge is -2.44. The Morgan fingerprint density at radius 3 is 2.41 bits per heavy atom. The summed E-state index contributed by atoms with van der Waals surface area (Å²) < 4.78 is 23.0. The molecule has 1 rings (SSSR count). The van der Waals surface area contributed by atoms with E-state index in [0.29, 0.717) is 6.42 Å². The van der Waals surface area contributed by atoms with Gasteiger partial charge < -0.3 is 5.11 Å². The van der Waals surface area contributed by atoms with Crippen LogP contribution in [-0.2, 0) is 19.6 Å². The van der Waals surface area contributed by atoms with Gasteiger partial charge in [0.1, 0.15) is 0 Å². The summed E-state index contributed by atoms with van der Waals surface area (Å²) in [6.45, 7) is 4.56. The fourth-order valence-corrected chi connectivity index (χ4v) is 3.33. The summed E-state index contributed by atoms with van der Waals surface area (Å²) in [6, 6.07) is 0. The van der Waals surface area contributed by atoms with Gasteiger partial charge in [0.2, 0.25) is 0 Å². The Kier molecular flexibility index (Phi) is 3.52. The summed E-state index contributed by atoms with van der Waals surface area (Å²) in [7, 11) is -3.55. The molecule has 0 bridgehead atoms. The van der Waals surface area contributed by atoms with Gasteiger partial charge in [0.25, 0.3) is 15.9 Å². The molecule has 6 nitrogen and oxygen atoms in total. The number of nitrogens with zero attached hydrogens (tertiary/aromatic N) is 1. The standard InChI is InChI=1S/C10H17NO5S/c1-7(4-5-8(12)13)6-11-9(14)10(2,3)17(11,15)16/h7H,4-6H2,1-3H3,(H,12,13). The van der Waals surface area contributed by atoms with E-state index in [2.05, 4.69) is 0 Å². The van der Waals surface area contributed by atoms with Gasteiger partial charge in [-0.25, -0.2) is 12.7 Å². The zero-order valence-corrected chi connectivity index (χ0v) is 11.0. The fourth-order valence-electron chi connectivity index (χ4n) is 1.68. The van der Waals surface area contributed by atoms with Gasteiger partial charge in [-0.05, 0) is 26.2 Å². The van der Waals surface area contributed by atoms with Crippen molar-refractivity contribution in [2.45, 2.75) is 38.4 Å². The first-order valence-corrected chi connectivity index (χ1v) is 6.83. The highest BCUT2D eigenvalue weighted by atomic mass is 32.2. The predicted molar refractivity (Wildman–Crippen MR) is 60.7 cm³/mol. The first-order valence-electron chi connectivity index (χ1n) is 5.39. The summed E-state index contributed by atoms with van der Waals surface area (Å²) in [5.74, 6) is -1.49. The highest BCUT2D eigenvalue weighted by molar-refractivity contribution is 7.94. The van der Waals surface area contributed by atoms with Crippen LogP contribution in [0.15, 0.2) is 0 Å². The predicted octanol–water partition coefficient (Wildman–Crippen LogP) is 0.438. The summed E-state index contributed by atoms with van der Waals surface area (Å²) in [5.41, 5.74) is 0. The van der Waals surface area contributed by atoms with Crippen LogP contribution in [0.1, 0.15) is 33.6 Å². The maximum atomic E-state index is 11.7. The molecule has 1 amide bonds. The molecular weight excluding hydrogens is 246 g/mol. The van der Waals surface area contributed by atoms with Crippen molar-refractivity contribution in [2.75, 3.05) is 6.54 Å². The third-order valence-corrected chi connectivity index (χ3v) is 5.36. The van der Waals surface area contributed by atoms with E-state index in [4.69, 9.17) is 5.11 Å². The highest BCUT2D eigenvalue weighted by Gasteiger charge is 2.59. The monoisotopic (exact) mass is 263 g/mol. The Labute approximate surface area is 101 Å². The largest absolute Gasteiger partial charge is 0.481 e. The minimum Gasteiger partial charge on any atom is -0.481 e. The lowest BCUT2D eigenvalue weighted by molar-refractivity contribution is -0.137. The van der Waals surface area contributed by atoms with Gasteiger partial charge in [0, 0.05) is 13.0 Å². The van der Waals surface area contributed by atoms with E-state index < -0.39 is 26.6 Å². The summed E-state index contributed by atoms with van der Waals surface area (Å²) in [5, 5.41) is 8.51. The number of carboxylic acids is 1. The average molecular weight is 263 g/mol. The molecule has 1 aliphatic rings. The van der Waals surface area contributed by atoms with Gasteiger partial charge in [-0.3, -0.25) is 9.59 Å². The van der Waals surface area contributed by atoms with E-state index in [1.807, 2.05) is 0 Å². The quantitative estimate of drug-likeness (QED) is 0.777. The van der Waals surface area contributed by atoms with Gasteiger partial charge in [-0.15, -0.1) is 0 Å². The molecule has 1 atom stereocenters. The number of amides is 1. The van der Waals surface area contributed by atoms with Crippen LogP contribution in [0.2, 0.25) is 0 Å². The van der Waals surface area contributed by atoms with Crippen molar-refractivity contribution in [2.24, 2.45) is 5.92 Å². The molecule has 1 unspecified atom stereocenters. The van der Waals surface area contributed by atoms with Gasteiger partial charge in [0.15, 0.2) is 4.75 Å². The molecule has 0 aromatic carbocycles. The highest BCUT2D eigenvalue weighted by Crippen LogP contribution is 2.35. The van der Waals surface area contributed by atoms with Crippen LogP contribution in [0.3, 0.4) is 0 Å². The maximum absolute atomic E-state index is 11.7. The molecule has 1 N–H and O–H groups in total. The van der Waals surface area contributed by atoms with E-state index in [1.54, 1.807) is 6.92 Å². The molecule has 98 valence electrons. The lowest BCUT2D eigenvalue weighted by Crippen LogP contribution is -2.67. The molecule has 1 heterocycles. The summed E-state index contributed by atoms with van der Waals surface area (Å²) in [6.07, 6.45) is 0.335. The van der Waals surface area contributed by atoms with Crippen LogP contribution in [0, 0.1) is 5.92 Å². The number of carbonyl (C=O) groups is 2. The zero-order valence-electron chi connectivity index (χ0n) is 10.1. The molecule has 0 aromatic heterocycles. The van der Waals surface area contributed by atoms with Gasteiger partial charge in [0.05, 0.1) is 0 Å². The van der Waals surface area contributed by atoms with E-state index in [-0.39, 0.29) is 18.9 Å². The Balaban J connectivity index is 2.60. The zero-order chi connectivity index (χ0) is 13.4. The Hall–Kier alpha value is -1.11. The van der Waals surface area contributed by atoms with E-state index in [9.17, 15) is 18.0 Å². The van der Waals surface area contributed by atoms with Gasteiger partial charge in [-0.2, -0.15) is 0 Å². The van der Waals surface area contributed by atoms with Crippen molar-refractivity contribution < 1.29 is 23.1 Å². The van der Waals surface area contributed by atoms with Crippen molar-refractivity contribution in [3.05, 3.63) is 0 Å². The smallest absolute Gasteiger partial charge is 0.303 e. The molecule has 0 spiro atoms. The number of hydrogen-bond acceptors (Lipinski definition) is 4. The molecule has 0 radical (unpaired) electrons. The van der Waals surface area contributed by atoms with Crippen LogP contribution in [0.4, 0.5) is 0 Å². The maximum Gasteiger partial charge on any atom is 0.303 e. The van der Waals surface area contributed by atoms with E-state index >= 15 is 0 Å². The molecule has 17 heavy (non-hydrogen) atoms. The SMILES string of the molecule is CC(CCC(=O)O)CN1C(=O)C(C)(C)S1(=O)=O. The molecular formula is C10H17NO5S. The van der Waals surface area contributed by atoms with Crippen LogP contribution >= 0.6 is 0 Å². The first-order chi connectivity index (χ1) is 7.60. The number of carboxylic acid groups (broad SMARTS) is 1. The van der Waals surface area contributed by atoms with Crippen LogP contribution in [0.5, 0.6) is 0 Å². The molecule has 0 saturated carbocycles. The average Bonchev–Trinajstić information content (AvgIpc) is 2.21. The minimum absolute atomic E-state index is 0.0212. The van der Waals surface area contributed by atoms with Crippen molar-refractivity contribution >= 4 is 21.9 Å². The minimum atomic E-state index is -3.55.